The lowest BCUT2D eigenvalue weighted by Crippen LogP contribution is -2.03. The van der Waals surface area contributed by atoms with Crippen LogP contribution in [0.25, 0.3) is 0 Å². The van der Waals surface area contributed by atoms with E-state index in [1.165, 1.54) is 5.56 Å². The third kappa shape index (κ3) is 4.23. The van der Waals surface area contributed by atoms with Crippen LogP contribution in [0.3, 0.4) is 0 Å². The van der Waals surface area contributed by atoms with Crippen molar-refractivity contribution in [3.8, 4) is 5.75 Å². The average molecular weight is 223 g/mol. The Kier molecular flexibility index (Phi) is 6.12. The van der Waals surface area contributed by atoms with Crippen molar-refractivity contribution >= 4 is 0 Å². The number of benzene rings is 1. The number of aromatic hydroxyl groups is 1. The summed E-state index contributed by atoms with van der Waals surface area (Å²) in [6.07, 6.45) is 2.02. The smallest absolute Gasteiger partial charge is 0.119 e. The van der Waals surface area contributed by atoms with Gasteiger partial charge in [-0.3, -0.25) is 0 Å². The van der Waals surface area contributed by atoms with Gasteiger partial charge in [-0.25, -0.2) is 0 Å². The number of phenols is 1. The highest BCUT2D eigenvalue weighted by Crippen LogP contribution is 2.26. The van der Waals surface area contributed by atoms with Crippen LogP contribution < -0.4 is 6.15 Å². The van der Waals surface area contributed by atoms with Gasteiger partial charge in [0.25, 0.3) is 0 Å². The highest BCUT2D eigenvalue weighted by molar-refractivity contribution is 5.39. The van der Waals surface area contributed by atoms with Crippen LogP contribution in [0.2, 0.25) is 0 Å². The minimum absolute atomic E-state index is 0. The maximum absolute atomic E-state index is 9.85. The zero-order valence-electron chi connectivity index (χ0n) is 11.0. The van der Waals surface area contributed by atoms with Crippen LogP contribution in [-0.2, 0) is 12.8 Å². The van der Waals surface area contributed by atoms with E-state index in [2.05, 4.69) is 33.8 Å². The van der Waals surface area contributed by atoms with E-state index in [-0.39, 0.29) is 6.15 Å². The zero-order chi connectivity index (χ0) is 11.4. The Morgan fingerprint density at radius 3 is 2.06 bits per heavy atom. The lowest BCUT2D eigenvalue weighted by atomic mass is 9.92. The van der Waals surface area contributed by atoms with Gasteiger partial charge in [0.2, 0.25) is 0 Å². The first-order chi connectivity index (χ1) is 7.00. The molecule has 0 saturated heterocycles. The zero-order valence-corrected chi connectivity index (χ0v) is 11.0. The van der Waals surface area contributed by atoms with Crippen molar-refractivity contribution in [1.29, 1.82) is 0 Å². The largest absolute Gasteiger partial charge is 0.508 e. The van der Waals surface area contributed by atoms with Gasteiger partial charge < -0.3 is 11.3 Å². The van der Waals surface area contributed by atoms with E-state index < -0.39 is 0 Å². The number of hydrogen-bond acceptors (Lipinski definition) is 2. The number of phenolic OH excluding ortho intramolecular Hbond substituents is 1. The molecule has 1 aromatic rings. The summed E-state index contributed by atoms with van der Waals surface area (Å²) < 4.78 is 0. The van der Waals surface area contributed by atoms with Crippen molar-refractivity contribution in [2.45, 2.75) is 40.5 Å². The van der Waals surface area contributed by atoms with Gasteiger partial charge in [-0.1, -0.05) is 39.8 Å². The molecular formula is C14H25NO. The van der Waals surface area contributed by atoms with Gasteiger partial charge in [-0.05, 0) is 41.9 Å². The number of rotatable bonds is 4. The third-order valence-electron chi connectivity index (χ3n) is 2.49. The van der Waals surface area contributed by atoms with Crippen LogP contribution in [0.1, 0.15) is 38.8 Å². The molecule has 2 nitrogen and oxygen atoms in total. The molecule has 0 aromatic heterocycles. The standard InChI is InChI=1S/C14H22O.H3N/c1-10(2)8-12-6-5-7-14(15)13(12)9-11(3)4;/h5-7,10-11,15H,8-9H2,1-4H3;1H3. The Bertz CT molecular complexity index is 319. The van der Waals surface area contributed by atoms with E-state index in [1.54, 1.807) is 6.07 Å². The topological polar surface area (TPSA) is 55.2 Å². The van der Waals surface area contributed by atoms with Crippen LogP contribution in [0.15, 0.2) is 18.2 Å². The van der Waals surface area contributed by atoms with Gasteiger partial charge in [0.1, 0.15) is 5.75 Å². The van der Waals surface area contributed by atoms with E-state index in [4.69, 9.17) is 0 Å². The molecular weight excluding hydrogens is 198 g/mol. The minimum Gasteiger partial charge on any atom is -0.508 e. The molecule has 0 heterocycles. The second kappa shape index (κ2) is 6.54. The van der Waals surface area contributed by atoms with Gasteiger partial charge in [-0.2, -0.15) is 0 Å². The van der Waals surface area contributed by atoms with Gasteiger partial charge in [-0.15, -0.1) is 0 Å². The molecule has 0 saturated carbocycles. The van der Waals surface area contributed by atoms with Crippen LogP contribution in [0.4, 0.5) is 0 Å². The fourth-order valence-electron chi connectivity index (χ4n) is 1.90. The molecule has 16 heavy (non-hydrogen) atoms. The Hall–Kier alpha value is -1.02. The molecule has 0 radical (unpaired) electrons. The van der Waals surface area contributed by atoms with Gasteiger partial charge in [0.15, 0.2) is 0 Å². The molecule has 0 bridgehead atoms. The molecule has 0 aliphatic carbocycles. The van der Waals surface area contributed by atoms with Crippen molar-refractivity contribution in [3.05, 3.63) is 29.3 Å². The summed E-state index contributed by atoms with van der Waals surface area (Å²) in [4.78, 5) is 0. The summed E-state index contributed by atoms with van der Waals surface area (Å²) >= 11 is 0. The molecule has 0 fully saturated rings. The summed E-state index contributed by atoms with van der Waals surface area (Å²) in [6.45, 7) is 8.80. The molecule has 1 aromatic carbocycles. The predicted octanol–water partition coefficient (Wildman–Crippen LogP) is 3.95. The van der Waals surface area contributed by atoms with Gasteiger partial charge in [0, 0.05) is 0 Å². The first-order valence-electron chi connectivity index (χ1n) is 5.80. The Morgan fingerprint density at radius 1 is 1.00 bits per heavy atom. The fourth-order valence-corrected chi connectivity index (χ4v) is 1.90. The molecule has 4 N–H and O–H groups in total. The quantitative estimate of drug-likeness (QED) is 0.812. The summed E-state index contributed by atoms with van der Waals surface area (Å²) in [5.41, 5.74) is 2.44. The third-order valence-corrected chi connectivity index (χ3v) is 2.49. The van der Waals surface area contributed by atoms with Crippen molar-refractivity contribution in [1.82, 2.24) is 6.15 Å². The van der Waals surface area contributed by atoms with E-state index in [0.717, 1.165) is 18.4 Å². The Morgan fingerprint density at radius 2 is 1.56 bits per heavy atom. The summed E-state index contributed by atoms with van der Waals surface area (Å²) in [7, 11) is 0. The second-order valence-electron chi connectivity index (χ2n) is 5.11. The minimum atomic E-state index is 0. The van der Waals surface area contributed by atoms with Crippen molar-refractivity contribution in [2.75, 3.05) is 0 Å². The van der Waals surface area contributed by atoms with Crippen molar-refractivity contribution < 1.29 is 5.11 Å². The van der Waals surface area contributed by atoms with Gasteiger partial charge >= 0.3 is 0 Å². The summed E-state index contributed by atoms with van der Waals surface area (Å²) in [5, 5.41) is 9.85. The van der Waals surface area contributed by atoms with E-state index in [9.17, 15) is 5.11 Å². The van der Waals surface area contributed by atoms with Crippen LogP contribution in [-0.4, -0.2) is 5.11 Å². The van der Waals surface area contributed by atoms with Crippen LogP contribution >= 0.6 is 0 Å². The molecule has 1 rings (SSSR count). The highest BCUT2D eigenvalue weighted by Gasteiger charge is 2.10. The van der Waals surface area contributed by atoms with E-state index in [0.29, 0.717) is 17.6 Å². The lowest BCUT2D eigenvalue weighted by Gasteiger charge is -2.14. The molecule has 0 aliphatic rings. The highest BCUT2D eigenvalue weighted by atomic mass is 16.3. The monoisotopic (exact) mass is 223 g/mol. The van der Waals surface area contributed by atoms with E-state index >= 15 is 0 Å². The molecule has 0 spiro atoms. The molecule has 0 atom stereocenters. The molecule has 0 unspecified atom stereocenters. The van der Waals surface area contributed by atoms with Gasteiger partial charge in [0.05, 0.1) is 0 Å². The maximum Gasteiger partial charge on any atom is 0.119 e. The normalized spacial score (nSPS) is 10.6. The summed E-state index contributed by atoms with van der Waals surface area (Å²) in [6, 6.07) is 5.87. The van der Waals surface area contributed by atoms with E-state index in [1.807, 2.05) is 6.07 Å². The Balaban J connectivity index is 0.00000225. The molecule has 0 amide bonds. The predicted molar refractivity (Wildman–Crippen MR) is 70.2 cm³/mol. The molecule has 92 valence electrons. The first kappa shape index (κ1) is 15.0. The van der Waals surface area contributed by atoms with Crippen molar-refractivity contribution in [2.24, 2.45) is 11.8 Å². The summed E-state index contributed by atoms with van der Waals surface area (Å²) in [5.74, 6) is 1.68. The lowest BCUT2D eigenvalue weighted by molar-refractivity contribution is 0.459. The fraction of sp³-hybridized carbons (Fsp3) is 0.571. The Labute approximate surface area is 99.3 Å². The van der Waals surface area contributed by atoms with Crippen LogP contribution in [0, 0.1) is 11.8 Å². The number of hydrogen-bond donors (Lipinski definition) is 2. The molecule has 0 aliphatic heterocycles. The first-order valence-corrected chi connectivity index (χ1v) is 5.80. The maximum atomic E-state index is 9.85. The average Bonchev–Trinajstić information content (AvgIpc) is 2.09. The molecule has 2 heteroatoms. The SMILES string of the molecule is CC(C)Cc1cccc(O)c1CC(C)C.N. The van der Waals surface area contributed by atoms with Crippen LogP contribution in [0.5, 0.6) is 5.75 Å². The second-order valence-corrected chi connectivity index (χ2v) is 5.11. The van der Waals surface area contributed by atoms with Crippen molar-refractivity contribution in [3.63, 3.8) is 0 Å².